The number of hydrogen-bond acceptors (Lipinski definition) is 1. The Balaban J connectivity index is 2.12. The Bertz CT molecular complexity index is 384. The maximum absolute atomic E-state index is 12.9. The van der Waals surface area contributed by atoms with Crippen LogP contribution in [0, 0.1) is 5.82 Å². The van der Waals surface area contributed by atoms with Gasteiger partial charge in [-0.2, -0.15) is 0 Å². The van der Waals surface area contributed by atoms with Crippen molar-refractivity contribution < 1.29 is 9.50 Å². The lowest BCUT2D eigenvalue weighted by Crippen LogP contribution is -2.30. The summed E-state index contributed by atoms with van der Waals surface area (Å²) in [5, 5.41) is 11.0. The first-order chi connectivity index (χ1) is 8.09. The van der Waals surface area contributed by atoms with Gasteiger partial charge in [0.1, 0.15) is 5.82 Å². The molecular weight excluding hydrogens is 239 g/mol. The molecule has 0 bridgehead atoms. The summed E-state index contributed by atoms with van der Waals surface area (Å²) in [5.41, 5.74) is 0.190. The van der Waals surface area contributed by atoms with Gasteiger partial charge in [0.15, 0.2) is 0 Å². The van der Waals surface area contributed by atoms with E-state index in [0.29, 0.717) is 11.4 Å². The van der Waals surface area contributed by atoms with E-state index in [1.165, 1.54) is 25.0 Å². The van der Waals surface area contributed by atoms with E-state index in [0.717, 1.165) is 31.2 Å². The largest absolute Gasteiger partial charge is 0.390 e. The first-order valence-corrected chi connectivity index (χ1v) is 6.63. The minimum atomic E-state index is -0.655. The van der Waals surface area contributed by atoms with Crippen molar-refractivity contribution >= 4 is 11.6 Å². The maximum atomic E-state index is 12.9. The van der Waals surface area contributed by atoms with Crippen molar-refractivity contribution in [1.82, 2.24) is 0 Å². The van der Waals surface area contributed by atoms with Crippen LogP contribution >= 0.6 is 11.6 Å². The third-order valence-electron chi connectivity index (χ3n) is 3.57. The minimum absolute atomic E-state index is 0.327. The standard InChI is InChI=1S/C14H18ClFO/c15-13-9-12(16)6-5-11(13)10-14(17)7-3-1-2-4-8-14/h5-6,9,17H,1-4,7-8,10H2. The highest BCUT2D eigenvalue weighted by Crippen LogP contribution is 2.32. The van der Waals surface area contributed by atoms with Crippen molar-refractivity contribution in [3.8, 4) is 0 Å². The Hall–Kier alpha value is -0.600. The van der Waals surface area contributed by atoms with Gasteiger partial charge in [0, 0.05) is 11.4 Å². The molecule has 0 unspecified atom stereocenters. The Labute approximate surface area is 107 Å². The van der Waals surface area contributed by atoms with E-state index in [4.69, 9.17) is 11.6 Å². The minimum Gasteiger partial charge on any atom is -0.390 e. The summed E-state index contributed by atoms with van der Waals surface area (Å²) in [6.07, 6.45) is 6.69. The van der Waals surface area contributed by atoms with Crippen molar-refractivity contribution in [3.05, 3.63) is 34.6 Å². The van der Waals surface area contributed by atoms with Crippen LogP contribution in [0.1, 0.15) is 44.1 Å². The highest BCUT2D eigenvalue weighted by molar-refractivity contribution is 6.31. The number of rotatable bonds is 2. The third-order valence-corrected chi connectivity index (χ3v) is 3.92. The van der Waals surface area contributed by atoms with Crippen molar-refractivity contribution in [1.29, 1.82) is 0 Å². The van der Waals surface area contributed by atoms with Crippen molar-refractivity contribution in [3.63, 3.8) is 0 Å². The lowest BCUT2D eigenvalue weighted by Gasteiger charge is -2.27. The third kappa shape index (κ3) is 3.43. The van der Waals surface area contributed by atoms with Gasteiger partial charge >= 0.3 is 0 Å². The average molecular weight is 257 g/mol. The Morgan fingerprint density at radius 3 is 2.41 bits per heavy atom. The lowest BCUT2D eigenvalue weighted by molar-refractivity contribution is 0.0252. The predicted octanol–water partition coefficient (Wildman–Crippen LogP) is 4.11. The molecule has 0 spiro atoms. The van der Waals surface area contributed by atoms with E-state index in [1.54, 1.807) is 6.07 Å². The molecule has 17 heavy (non-hydrogen) atoms. The number of benzene rings is 1. The number of aliphatic hydroxyl groups is 1. The maximum Gasteiger partial charge on any atom is 0.124 e. The first-order valence-electron chi connectivity index (χ1n) is 6.25. The Morgan fingerprint density at radius 1 is 1.18 bits per heavy atom. The molecule has 1 N–H and O–H groups in total. The van der Waals surface area contributed by atoms with Gasteiger partial charge in [-0.05, 0) is 30.5 Å². The quantitative estimate of drug-likeness (QED) is 0.790. The molecule has 1 fully saturated rings. The zero-order valence-electron chi connectivity index (χ0n) is 9.88. The molecule has 1 saturated carbocycles. The van der Waals surface area contributed by atoms with Gasteiger partial charge in [-0.3, -0.25) is 0 Å². The highest BCUT2D eigenvalue weighted by atomic mass is 35.5. The summed E-state index contributed by atoms with van der Waals surface area (Å²) in [6, 6.07) is 4.40. The normalized spacial score (nSPS) is 19.9. The van der Waals surface area contributed by atoms with Crippen LogP contribution in [0.25, 0.3) is 0 Å². The van der Waals surface area contributed by atoms with Gasteiger partial charge in [0.05, 0.1) is 5.60 Å². The molecule has 1 aliphatic rings. The van der Waals surface area contributed by atoms with Crippen molar-refractivity contribution in [2.24, 2.45) is 0 Å². The van der Waals surface area contributed by atoms with Crippen LogP contribution in [-0.4, -0.2) is 10.7 Å². The molecule has 0 saturated heterocycles. The van der Waals surface area contributed by atoms with E-state index >= 15 is 0 Å². The van der Waals surface area contributed by atoms with E-state index in [1.807, 2.05) is 0 Å². The molecule has 0 amide bonds. The monoisotopic (exact) mass is 256 g/mol. The average Bonchev–Trinajstić information content (AvgIpc) is 2.48. The lowest BCUT2D eigenvalue weighted by atomic mass is 9.87. The highest BCUT2D eigenvalue weighted by Gasteiger charge is 2.28. The summed E-state index contributed by atoms with van der Waals surface area (Å²) >= 11 is 6.00. The van der Waals surface area contributed by atoms with Gasteiger partial charge in [0.25, 0.3) is 0 Å². The fraction of sp³-hybridized carbons (Fsp3) is 0.571. The van der Waals surface area contributed by atoms with E-state index < -0.39 is 5.60 Å². The fourth-order valence-electron chi connectivity index (χ4n) is 2.58. The molecule has 1 nitrogen and oxygen atoms in total. The van der Waals surface area contributed by atoms with Gasteiger partial charge in [-0.1, -0.05) is 43.4 Å². The van der Waals surface area contributed by atoms with Crippen LogP contribution in [0.3, 0.4) is 0 Å². The van der Waals surface area contributed by atoms with Gasteiger partial charge in [-0.25, -0.2) is 4.39 Å². The van der Waals surface area contributed by atoms with Crippen LogP contribution in [-0.2, 0) is 6.42 Å². The van der Waals surface area contributed by atoms with Crippen LogP contribution in [0.2, 0.25) is 5.02 Å². The van der Waals surface area contributed by atoms with Crippen LogP contribution in [0.15, 0.2) is 18.2 Å². The second-order valence-corrected chi connectivity index (χ2v) is 5.46. The smallest absolute Gasteiger partial charge is 0.124 e. The molecule has 94 valence electrons. The van der Waals surface area contributed by atoms with Crippen molar-refractivity contribution in [2.45, 2.75) is 50.5 Å². The molecule has 3 heteroatoms. The molecule has 0 radical (unpaired) electrons. The van der Waals surface area contributed by atoms with Crippen LogP contribution in [0.4, 0.5) is 4.39 Å². The molecule has 0 aromatic heterocycles. The van der Waals surface area contributed by atoms with Gasteiger partial charge in [-0.15, -0.1) is 0 Å². The van der Waals surface area contributed by atoms with E-state index in [9.17, 15) is 9.50 Å². The zero-order valence-corrected chi connectivity index (χ0v) is 10.6. The van der Waals surface area contributed by atoms with Gasteiger partial charge in [0.2, 0.25) is 0 Å². The SMILES string of the molecule is OC1(Cc2ccc(F)cc2Cl)CCCCCC1. The molecule has 1 aromatic rings. The molecule has 1 aromatic carbocycles. The summed E-state index contributed by atoms with van der Waals surface area (Å²) in [5.74, 6) is -0.327. The summed E-state index contributed by atoms with van der Waals surface area (Å²) in [4.78, 5) is 0. The number of halogens is 2. The van der Waals surface area contributed by atoms with E-state index in [2.05, 4.69) is 0 Å². The topological polar surface area (TPSA) is 20.2 Å². The van der Waals surface area contributed by atoms with Crippen LogP contribution < -0.4 is 0 Å². The number of hydrogen-bond donors (Lipinski definition) is 1. The Morgan fingerprint density at radius 2 is 1.82 bits per heavy atom. The molecule has 2 rings (SSSR count). The summed E-state index contributed by atoms with van der Waals surface area (Å²) in [7, 11) is 0. The molecule has 0 heterocycles. The van der Waals surface area contributed by atoms with Crippen molar-refractivity contribution in [2.75, 3.05) is 0 Å². The zero-order chi connectivity index (χ0) is 12.3. The second kappa shape index (κ2) is 5.36. The first kappa shape index (κ1) is 12.8. The van der Waals surface area contributed by atoms with Gasteiger partial charge < -0.3 is 5.11 Å². The predicted molar refractivity (Wildman–Crippen MR) is 67.8 cm³/mol. The summed E-state index contributed by atoms with van der Waals surface area (Å²) < 4.78 is 12.9. The fourth-order valence-corrected chi connectivity index (χ4v) is 2.82. The molecule has 1 aliphatic carbocycles. The molecule has 0 aliphatic heterocycles. The van der Waals surface area contributed by atoms with Crippen LogP contribution in [0.5, 0.6) is 0 Å². The van der Waals surface area contributed by atoms with E-state index in [-0.39, 0.29) is 5.82 Å². The second-order valence-electron chi connectivity index (χ2n) is 5.05. The summed E-state index contributed by atoms with van der Waals surface area (Å²) in [6.45, 7) is 0. The Kier molecular flexibility index (Phi) is 4.05. The molecular formula is C14H18ClFO. The molecule has 0 atom stereocenters.